The summed E-state index contributed by atoms with van der Waals surface area (Å²) in [6.45, 7) is 2.98. The Morgan fingerprint density at radius 2 is 2.15 bits per heavy atom. The van der Waals surface area contributed by atoms with Crippen LogP contribution in [0.5, 0.6) is 0 Å². The van der Waals surface area contributed by atoms with E-state index in [2.05, 4.69) is 5.32 Å². The Bertz CT molecular complexity index is 467. The fraction of sp³-hybridized carbons (Fsp3) is 0.571. The number of thiophene rings is 1. The molecule has 1 heterocycles. The summed E-state index contributed by atoms with van der Waals surface area (Å²) in [4.78, 5) is 26.5. The van der Waals surface area contributed by atoms with E-state index in [4.69, 9.17) is 0 Å². The number of hydrogen-bond acceptors (Lipinski definition) is 3. The van der Waals surface area contributed by atoms with Crippen molar-refractivity contribution in [3.63, 3.8) is 0 Å². The molecule has 1 aliphatic rings. The van der Waals surface area contributed by atoms with Gasteiger partial charge in [-0.15, -0.1) is 11.3 Å². The fourth-order valence-electron chi connectivity index (χ4n) is 2.57. The number of nitrogens with one attached hydrogen (secondary N) is 1. The summed E-state index contributed by atoms with van der Waals surface area (Å²) in [5.74, 6) is -0.921. The minimum Gasteiger partial charge on any atom is -0.480 e. The minimum atomic E-state index is -1.07. The third-order valence-electron chi connectivity index (χ3n) is 3.81. The number of carboxylic acids is 1. The first-order chi connectivity index (χ1) is 9.57. The average Bonchev–Trinajstić information content (AvgIpc) is 3.07. The lowest BCUT2D eigenvalue weighted by Crippen LogP contribution is -2.56. The van der Waals surface area contributed by atoms with Crippen LogP contribution in [0, 0.1) is 0 Å². The summed E-state index contributed by atoms with van der Waals surface area (Å²) in [6.07, 6.45) is 2.74. The second-order valence-electron chi connectivity index (χ2n) is 5.12. The lowest BCUT2D eigenvalue weighted by atomic mass is 9.98. The van der Waals surface area contributed by atoms with Crippen LogP contribution in [0.15, 0.2) is 17.5 Å². The predicted molar refractivity (Wildman–Crippen MR) is 77.8 cm³/mol. The van der Waals surface area contributed by atoms with Gasteiger partial charge in [-0.25, -0.2) is 9.59 Å². The number of hydrogen-bond donors (Lipinski definition) is 2. The van der Waals surface area contributed by atoms with Gasteiger partial charge in [0.05, 0.1) is 6.54 Å². The summed E-state index contributed by atoms with van der Waals surface area (Å²) in [5.41, 5.74) is -1.07. The zero-order valence-corrected chi connectivity index (χ0v) is 12.4. The molecule has 2 rings (SSSR count). The molecule has 0 unspecified atom stereocenters. The van der Waals surface area contributed by atoms with Gasteiger partial charge in [-0.1, -0.05) is 18.9 Å². The second-order valence-corrected chi connectivity index (χ2v) is 6.15. The van der Waals surface area contributed by atoms with E-state index in [1.165, 1.54) is 0 Å². The third-order valence-corrected chi connectivity index (χ3v) is 4.67. The molecule has 2 N–H and O–H groups in total. The van der Waals surface area contributed by atoms with Crippen LogP contribution < -0.4 is 5.32 Å². The van der Waals surface area contributed by atoms with E-state index in [1.807, 2.05) is 24.4 Å². The Morgan fingerprint density at radius 3 is 2.65 bits per heavy atom. The van der Waals surface area contributed by atoms with Crippen LogP contribution in [-0.2, 0) is 11.3 Å². The van der Waals surface area contributed by atoms with Crippen molar-refractivity contribution in [3.05, 3.63) is 22.4 Å². The summed E-state index contributed by atoms with van der Waals surface area (Å²) < 4.78 is 0. The second kappa shape index (κ2) is 6.26. The number of amides is 2. The highest BCUT2D eigenvalue weighted by atomic mass is 32.1. The molecule has 0 radical (unpaired) electrons. The molecule has 2 amide bonds. The monoisotopic (exact) mass is 296 g/mol. The molecule has 5 nitrogen and oxygen atoms in total. The topological polar surface area (TPSA) is 69.6 Å². The molecule has 0 saturated heterocycles. The van der Waals surface area contributed by atoms with Gasteiger partial charge in [0, 0.05) is 11.4 Å². The number of aliphatic carboxylic acids is 1. The highest BCUT2D eigenvalue weighted by Crippen LogP contribution is 2.30. The van der Waals surface area contributed by atoms with Crippen molar-refractivity contribution in [3.8, 4) is 0 Å². The van der Waals surface area contributed by atoms with Gasteiger partial charge >= 0.3 is 12.0 Å². The van der Waals surface area contributed by atoms with Crippen molar-refractivity contribution in [2.45, 2.75) is 44.7 Å². The average molecular weight is 296 g/mol. The van der Waals surface area contributed by atoms with Gasteiger partial charge < -0.3 is 15.3 Å². The molecule has 6 heteroatoms. The highest BCUT2D eigenvalue weighted by molar-refractivity contribution is 7.09. The number of carboxylic acid groups (broad SMARTS) is 1. The van der Waals surface area contributed by atoms with Crippen molar-refractivity contribution >= 4 is 23.3 Å². The van der Waals surface area contributed by atoms with Crippen LogP contribution in [0.2, 0.25) is 0 Å². The molecule has 0 bridgehead atoms. The molecule has 1 aromatic heterocycles. The predicted octanol–water partition coefficient (Wildman–Crippen LogP) is 2.68. The van der Waals surface area contributed by atoms with Crippen LogP contribution in [0.25, 0.3) is 0 Å². The van der Waals surface area contributed by atoms with E-state index in [1.54, 1.807) is 16.2 Å². The van der Waals surface area contributed by atoms with Crippen LogP contribution in [0.3, 0.4) is 0 Å². The number of urea groups is 1. The van der Waals surface area contributed by atoms with Gasteiger partial charge in [-0.3, -0.25) is 0 Å². The van der Waals surface area contributed by atoms with Gasteiger partial charge in [-0.05, 0) is 31.2 Å². The fourth-order valence-corrected chi connectivity index (χ4v) is 3.29. The van der Waals surface area contributed by atoms with Gasteiger partial charge in [-0.2, -0.15) is 0 Å². The first-order valence-corrected chi connectivity index (χ1v) is 7.78. The lowest BCUT2D eigenvalue weighted by Gasteiger charge is -2.29. The first kappa shape index (κ1) is 14.8. The molecule has 110 valence electrons. The molecule has 1 aromatic rings. The van der Waals surface area contributed by atoms with Crippen LogP contribution in [0.4, 0.5) is 4.79 Å². The normalized spacial score (nSPS) is 16.9. The molecule has 1 aliphatic carbocycles. The lowest BCUT2D eigenvalue weighted by molar-refractivity contribution is -0.144. The van der Waals surface area contributed by atoms with Crippen molar-refractivity contribution < 1.29 is 14.7 Å². The van der Waals surface area contributed by atoms with Crippen molar-refractivity contribution in [1.82, 2.24) is 10.2 Å². The number of carbonyl (C=O) groups excluding carboxylic acids is 1. The molecule has 20 heavy (non-hydrogen) atoms. The van der Waals surface area contributed by atoms with E-state index in [0.29, 0.717) is 25.9 Å². The highest BCUT2D eigenvalue weighted by Gasteiger charge is 2.43. The first-order valence-electron chi connectivity index (χ1n) is 6.90. The third kappa shape index (κ3) is 3.12. The largest absolute Gasteiger partial charge is 0.480 e. The Labute approximate surface area is 122 Å². The Balaban J connectivity index is 2.03. The Kier molecular flexibility index (Phi) is 4.65. The molecular formula is C14H20N2O3S. The summed E-state index contributed by atoms with van der Waals surface area (Å²) in [5, 5.41) is 14.1. The van der Waals surface area contributed by atoms with Crippen LogP contribution in [0.1, 0.15) is 37.5 Å². The standard InChI is InChI=1S/C14H20N2O3S/c1-2-16(10-11-6-5-9-20-11)13(19)15-14(12(17)18)7-3-4-8-14/h5-6,9H,2-4,7-8,10H2,1H3,(H,15,19)(H,17,18). The maximum atomic E-state index is 12.3. The summed E-state index contributed by atoms with van der Waals surface area (Å²) >= 11 is 1.59. The van der Waals surface area contributed by atoms with Gasteiger partial charge in [0.25, 0.3) is 0 Å². The minimum absolute atomic E-state index is 0.287. The SMILES string of the molecule is CCN(Cc1cccs1)C(=O)NC1(C(=O)O)CCCC1. The smallest absolute Gasteiger partial charge is 0.329 e. The molecule has 0 aliphatic heterocycles. The molecule has 1 saturated carbocycles. The molecule has 0 atom stereocenters. The molecular weight excluding hydrogens is 276 g/mol. The van der Waals surface area contributed by atoms with Crippen molar-refractivity contribution in [2.24, 2.45) is 0 Å². The quantitative estimate of drug-likeness (QED) is 0.877. The molecule has 0 spiro atoms. The maximum absolute atomic E-state index is 12.3. The maximum Gasteiger partial charge on any atom is 0.329 e. The number of carbonyl (C=O) groups is 2. The van der Waals surface area contributed by atoms with Crippen LogP contribution >= 0.6 is 11.3 Å². The van der Waals surface area contributed by atoms with Crippen LogP contribution in [-0.4, -0.2) is 34.1 Å². The summed E-state index contributed by atoms with van der Waals surface area (Å²) in [7, 11) is 0. The number of nitrogens with zero attached hydrogens (tertiary/aromatic N) is 1. The van der Waals surface area contributed by atoms with E-state index in [0.717, 1.165) is 17.7 Å². The Hall–Kier alpha value is -1.56. The van der Waals surface area contributed by atoms with Gasteiger partial charge in [0.1, 0.15) is 5.54 Å². The molecule has 1 fully saturated rings. The van der Waals surface area contributed by atoms with Crippen molar-refractivity contribution in [2.75, 3.05) is 6.54 Å². The van der Waals surface area contributed by atoms with E-state index in [-0.39, 0.29) is 6.03 Å². The van der Waals surface area contributed by atoms with Gasteiger partial charge in [0.15, 0.2) is 0 Å². The molecule has 0 aromatic carbocycles. The zero-order valence-electron chi connectivity index (χ0n) is 11.6. The van der Waals surface area contributed by atoms with Crippen molar-refractivity contribution in [1.29, 1.82) is 0 Å². The van der Waals surface area contributed by atoms with E-state index >= 15 is 0 Å². The van der Waals surface area contributed by atoms with Gasteiger partial charge in [0.2, 0.25) is 0 Å². The summed E-state index contributed by atoms with van der Waals surface area (Å²) in [6, 6.07) is 3.63. The van der Waals surface area contributed by atoms with E-state index in [9.17, 15) is 14.7 Å². The van der Waals surface area contributed by atoms with E-state index < -0.39 is 11.5 Å². The number of rotatable bonds is 5. The zero-order chi connectivity index (χ0) is 14.6. The Morgan fingerprint density at radius 1 is 1.45 bits per heavy atom.